The van der Waals surface area contributed by atoms with Crippen LogP contribution in [0.15, 0.2) is 45.3 Å². The molecule has 2 saturated carbocycles. The lowest BCUT2D eigenvalue weighted by Gasteiger charge is -2.50. The van der Waals surface area contributed by atoms with Gasteiger partial charge in [-0.3, -0.25) is 9.59 Å². The molecule has 5 aliphatic heterocycles. The molecule has 0 amide bonds. The van der Waals surface area contributed by atoms with Gasteiger partial charge in [0.25, 0.3) is 0 Å². The number of phenolic OH excluding ortho intramolecular Hbond substituents is 1. The first-order valence-corrected chi connectivity index (χ1v) is 15.9. The van der Waals surface area contributed by atoms with Crippen LogP contribution in [0.3, 0.4) is 0 Å². The second-order valence-corrected chi connectivity index (χ2v) is 13.8. The molecule has 7 nitrogen and oxygen atoms in total. The van der Waals surface area contributed by atoms with Gasteiger partial charge in [-0.2, -0.15) is 0 Å². The smallest absolute Gasteiger partial charge is 0.170 e. The fraction of sp³-hybridized carbons (Fsp3) is 0.531. The number of benzene rings is 2. The van der Waals surface area contributed by atoms with Gasteiger partial charge in [-0.1, -0.05) is 31.9 Å². The first kappa shape index (κ1) is 30.4. The van der Waals surface area contributed by atoms with Crippen molar-refractivity contribution in [3.63, 3.8) is 0 Å². The quantitative estimate of drug-likeness (QED) is 0.268. The van der Waals surface area contributed by atoms with Crippen LogP contribution in [0.25, 0.3) is 0 Å². The van der Waals surface area contributed by atoms with E-state index in [1.54, 1.807) is 12.1 Å². The summed E-state index contributed by atoms with van der Waals surface area (Å²) in [5, 5.41) is 9.16. The largest absolute Gasteiger partial charge is 0.507 e. The summed E-state index contributed by atoms with van der Waals surface area (Å²) in [6.07, 6.45) is 11.3. The van der Waals surface area contributed by atoms with Crippen molar-refractivity contribution in [2.24, 2.45) is 10.8 Å². The maximum Gasteiger partial charge on any atom is 0.170 e. The lowest BCUT2D eigenvalue weighted by molar-refractivity contribution is -0.153. The Hall–Kier alpha value is -2.07. The number of aromatic hydroxyl groups is 1. The second-order valence-electron chi connectivity index (χ2n) is 12.0. The Balaban J connectivity index is 0.000000136. The SMILES string of the molecule is CC(=O)c1cc(Br)ccc1O.O=C1CC(C23CCC(CC2)OC3)Oc2ccc(Br)cc21.O=CC12CCC(CC1)OC2. The van der Waals surface area contributed by atoms with Crippen LogP contribution in [0.4, 0.5) is 0 Å². The van der Waals surface area contributed by atoms with Gasteiger partial charge in [-0.25, -0.2) is 0 Å². The number of Topliss-reactive ketones (excluding diaryl/α,β-unsaturated/α-hetero) is 2. The molecule has 6 fully saturated rings. The highest BCUT2D eigenvalue weighted by molar-refractivity contribution is 9.10. The molecule has 1 unspecified atom stereocenters. The van der Waals surface area contributed by atoms with Gasteiger partial charge in [0.1, 0.15) is 23.9 Å². The lowest BCUT2D eigenvalue weighted by atomic mass is 9.66. The number of hydrogen-bond donors (Lipinski definition) is 1. The number of carbonyl (C=O) groups excluding carboxylic acids is 3. The van der Waals surface area contributed by atoms with Gasteiger partial charge in [0.2, 0.25) is 0 Å². The number of halogens is 2. The summed E-state index contributed by atoms with van der Waals surface area (Å²) in [4.78, 5) is 33.9. The molecule has 9 heteroatoms. The van der Waals surface area contributed by atoms with Gasteiger partial charge in [0, 0.05) is 26.2 Å². The molecule has 5 heterocycles. The molecule has 7 aliphatic rings. The number of ether oxygens (including phenoxy) is 3. The highest BCUT2D eigenvalue weighted by Gasteiger charge is 2.50. The zero-order valence-electron chi connectivity index (χ0n) is 23.2. The van der Waals surface area contributed by atoms with Crippen LogP contribution in [-0.2, 0) is 14.3 Å². The maximum atomic E-state index is 12.4. The van der Waals surface area contributed by atoms with Crippen molar-refractivity contribution in [2.45, 2.75) is 83.0 Å². The van der Waals surface area contributed by atoms with Crippen molar-refractivity contribution in [3.05, 3.63) is 56.5 Å². The Morgan fingerprint density at radius 2 is 1.54 bits per heavy atom. The van der Waals surface area contributed by atoms with Crippen molar-refractivity contribution >= 4 is 49.7 Å². The van der Waals surface area contributed by atoms with Crippen LogP contribution in [0.1, 0.15) is 85.4 Å². The van der Waals surface area contributed by atoms with E-state index >= 15 is 0 Å². The average molecular weight is 692 g/mol. The third kappa shape index (κ3) is 6.79. The average Bonchev–Trinajstić information content (AvgIpc) is 3.01. The molecule has 0 aromatic heterocycles. The summed E-state index contributed by atoms with van der Waals surface area (Å²) >= 11 is 6.61. The molecule has 1 atom stereocenters. The zero-order valence-corrected chi connectivity index (χ0v) is 26.4. The summed E-state index contributed by atoms with van der Waals surface area (Å²) in [5.41, 5.74) is 1.03. The third-order valence-electron chi connectivity index (χ3n) is 9.22. The molecule has 0 radical (unpaired) electrons. The standard InChI is InChI=1S/C16H17BrO3.C8H7BrO2.C8H12O2/c17-10-1-2-14-12(7-10)13(18)8-15(20-14)16-5-3-11(4-6-16)19-9-16;1-5(10)7-4-6(9)2-3-8(7)11;9-5-8-3-1-7(2-4-8)10-6-8/h1-2,7,11,15H,3-6,8-9H2;2-4,11H,1H3;5,7H,1-4,6H2. The van der Waals surface area contributed by atoms with Gasteiger partial charge in [-0.15, -0.1) is 0 Å². The molecule has 4 saturated heterocycles. The van der Waals surface area contributed by atoms with Crippen LogP contribution in [0.5, 0.6) is 11.5 Å². The Bertz CT molecular complexity index is 1270. The molecule has 2 aromatic carbocycles. The first-order chi connectivity index (χ1) is 19.6. The van der Waals surface area contributed by atoms with Crippen molar-refractivity contribution < 1.29 is 33.7 Å². The highest BCUT2D eigenvalue weighted by atomic mass is 79.9. The fourth-order valence-corrected chi connectivity index (χ4v) is 7.24. The van der Waals surface area contributed by atoms with E-state index in [9.17, 15) is 14.4 Å². The van der Waals surface area contributed by atoms with Crippen LogP contribution in [0, 0.1) is 10.8 Å². The number of phenols is 1. The minimum atomic E-state index is -0.135. The van der Waals surface area contributed by atoms with E-state index in [-0.39, 0.29) is 34.2 Å². The van der Waals surface area contributed by atoms with Crippen molar-refractivity contribution in [3.8, 4) is 11.5 Å². The molecule has 1 N–H and O–H groups in total. The Morgan fingerprint density at radius 1 is 0.927 bits per heavy atom. The molecule has 4 bridgehead atoms. The van der Waals surface area contributed by atoms with Gasteiger partial charge in [0.15, 0.2) is 11.6 Å². The van der Waals surface area contributed by atoms with Gasteiger partial charge in [-0.05, 0) is 94.7 Å². The first-order valence-electron chi connectivity index (χ1n) is 14.3. The summed E-state index contributed by atoms with van der Waals surface area (Å²) in [5.74, 6) is 0.820. The Morgan fingerprint density at radius 3 is 2.05 bits per heavy atom. The molecule has 41 heavy (non-hydrogen) atoms. The molecule has 2 aliphatic carbocycles. The monoisotopic (exact) mass is 690 g/mol. The third-order valence-corrected chi connectivity index (χ3v) is 10.2. The van der Waals surface area contributed by atoms with Gasteiger partial charge in [0.05, 0.1) is 36.5 Å². The molecular weight excluding hydrogens is 656 g/mol. The molecule has 2 aromatic rings. The molecule has 9 rings (SSSR count). The summed E-state index contributed by atoms with van der Waals surface area (Å²) in [6, 6.07) is 10.5. The van der Waals surface area contributed by atoms with Crippen LogP contribution < -0.4 is 4.74 Å². The Kier molecular flexibility index (Phi) is 9.38. The van der Waals surface area contributed by atoms with Crippen molar-refractivity contribution in [1.82, 2.24) is 0 Å². The normalized spacial score (nSPS) is 31.0. The summed E-state index contributed by atoms with van der Waals surface area (Å²) in [6.45, 7) is 2.85. The molecule has 0 spiro atoms. The van der Waals surface area contributed by atoms with E-state index < -0.39 is 0 Å². The lowest BCUT2D eigenvalue weighted by Crippen LogP contribution is -2.53. The number of aldehydes is 1. The maximum absolute atomic E-state index is 12.4. The fourth-order valence-electron chi connectivity index (χ4n) is 6.52. The van der Waals surface area contributed by atoms with Gasteiger partial charge >= 0.3 is 0 Å². The van der Waals surface area contributed by atoms with Crippen LogP contribution in [0.2, 0.25) is 0 Å². The van der Waals surface area contributed by atoms with E-state index in [0.717, 1.165) is 79.0 Å². The number of ketones is 2. The zero-order chi connectivity index (χ0) is 29.2. The highest BCUT2D eigenvalue weighted by Crippen LogP contribution is 2.49. The van der Waals surface area contributed by atoms with Crippen LogP contribution in [-0.4, -0.2) is 54.5 Å². The van der Waals surface area contributed by atoms with Gasteiger partial charge < -0.3 is 24.1 Å². The topological polar surface area (TPSA) is 99.1 Å². The van der Waals surface area contributed by atoms with E-state index in [1.165, 1.54) is 13.0 Å². The van der Waals surface area contributed by atoms with E-state index in [0.29, 0.717) is 36.4 Å². The second kappa shape index (κ2) is 12.7. The summed E-state index contributed by atoms with van der Waals surface area (Å²) < 4.78 is 19.2. The van der Waals surface area contributed by atoms with E-state index in [4.69, 9.17) is 19.3 Å². The Labute approximate surface area is 257 Å². The molecule has 220 valence electrons. The minimum absolute atomic E-state index is 0.0232. The number of rotatable bonds is 3. The minimum Gasteiger partial charge on any atom is -0.507 e. The van der Waals surface area contributed by atoms with E-state index in [1.807, 2.05) is 18.2 Å². The molecular formula is C32H36Br2O7. The van der Waals surface area contributed by atoms with Crippen molar-refractivity contribution in [1.29, 1.82) is 0 Å². The van der Waals surface area contributed by atoms with Crippen molar-refractivity contribution in [2.75, 3.05) is 13.2 Å². The predicted molar refractivity (Wildman–Crippen MR) is 161 cm³/mol. The number of carbonyl (C=O) groups is 3. The number of fused-ring (bicyclic) bond motifs is 7. The van der Waals surface area contributed by atoms with E-state index in [2.05, 4.69) is 31.9 Å². The van der Waals surface area contributed by atoms with Crippen LogP contribution >= 0.6 is 31.9 Å². The summed E-state index contributed by atoms with van der Waals surface area (Å²) in [7, 11) is 0. The number of hydrogen-bond acceptors (Lipinski definition) is 7. The predicted octanol–water partition coefficient (Wildman–Crippen LogP) is 7.24.